The van der Waals surface area contributed by atoms with Crippen LogP contribution in [0, 0.1) is 10.1 Å². The lowest BCUT2D eigenvalue weighted by Crippen LogP contribution is -2.39. The molecule has 0 amide bonds. The van der Waals surface area contributed by atoms with E-state index < -0.39 is 39.8 Å². The lowest BCUT2D eigenvalue weighted by molar-refractivity contribution is -0.386. The van der Waals surface area contributed by atoms with Gasteiger partial charge in [-0.05, 0) is 19.9 Å². The zero-order valence-corrected chi connectivity index (χ0v) is 12.8. The maximum Gasteiger partial charge on any atom is 0.333 e. The quantitative estimate of drug-likeness (QED) is 0.623. The summed E-state index contributed by atoms with van der Waals surface area (Å²) >= 11 is 0. The van der Waals surface area contributed by atoms with Crippen molar-refractivity contribution in [2.75, 3.05) is 6.61 Å². The van der Waals surface area contributed by atoms with Gasteiger partial charge in [-0.25, -0.2) is 5.14 Å². The van der Waals surface area contributed by atoms with Crippen LogP contribution < -0.4 is 5.14 Å². The largest absolute Gasteiger partial charge is 0.344 e. The van der Waals surface area contributed by atoms with Crippen molar-refractivity contribution in [3.63, 3.8) is 0 Å². The lowest BCUT2D eigenvalue weighted by Gasteiger charge is -2.28. The first-order valence-corrected chi connectivity index (χ1v) is 7.85. The van der Waals surface area contributed by atoms with E-state index in [-0.39, 0.29) is 11.3 Å². The Morgan fingerprint density at radius 2 is 2.09 bits per heavy atom. The summed E-state index contributed by atoms with van der Waals surface area (Å²) in [7, 11) is -4.16. The minimum absolute atomic E-state index is 0.150. The zero-order valence-electron chi connectivity index (χ0n) is 12.0. The third kappa shape index (κ3) is 3.42. The van der Waals surface area contributed by atoms with Crippen LogP contribution >= 0.6 is 0 Å². The fraction of sp³-hybridized carbons (Fsp3) is 0.500. The predicted octanol–water partition coefficient (Wildman–Crippen LogP) is 0.792. The van der Waals surface area contributed by atoms with Gasteiger partial charge in [-0.1, -0.05) is 12.1 Å². The van der Waals surface area contributed by atoms with E-state index in [2.05, 4.69) is 4.18 Å². The van der Waals surface area contributed by atoms with Gasteiger partial charge < -0.3 is 9.47 Å². The van der Waals surface area contributed by atoms with Gasteiger partial charge in [0, 0.05) is 6.07 Å². The molecule has 0 aromatic heterocycles. The van der Waals surface area contributed by atoms with Crippen molar-refractivity contribution in [1.82, 2.24) is 0 Å². The molecule has 10 heteroatoms. The summed E-state index contributed by atoms with van der Waals surface area (Å²) in [6.07, 6.45) is -1.55. The first-order valence-electron chi connectivity index (χ1n) is 6.38. The van der Waals surface area contributed by atoms with Crippen molar-refractivity contribution < 1.29 is 27.0 Å². The molecule has 22 heavy (non-hydrogen) atoms. The first-order chi connectivity index (χ1) is 10.1. The second-order valence-electron chi connectivity index (χ2n) is 4.97. The number of nitro groups is 1. The summed E-state index contributed by atoms with van der Waals surface area (Å²) in [6, 6.07) is 6.02. The van der Waals surface area contributed by atoms with Crippen LogP contribution in [0.3, 0.4) is 0 Å². The molecule has 0 spiro atoms. The average molecular weight is 332 g/mol. The fourth-order valence-electron chi connectivity index (χ4n) is 2.45. The van der Waals surface area contributed by atoms with Crippen molar-refractivity contribution in [1.29, 1.82) is 0 Å². The summed E-state index contributed by atoms with van der Waals surface area (Å²) in [5.74, 6) is 0. The number of nitrogens with zero attached hydrogens (tertiary/aromatic N) is 1. The molecule has 0 aliphatic carbocycles. The molecule has 1 aliphatic rings. The summed E-state index contributed by atoms with van der Waals surface area (Å²) in [6.45, 7) is 2.77. The minimum Gasteiger partial charge on any atom is -0.344 e. The zero-order chi connectivity index (χ0) is 16.5. The van der Waals surface area contributed by atoms with E-state index in [0.29, 0.717) is 0 Å². The maximum atomic E-state index is 11.2. The molecule has 1 saturated heterocycles. The molecule has 3 atom stereocenters. The predicted molar refractivity (Wildman–Crippen MR) is 74.9 cm³/mol. The molecule has 0 radical (unpaired) electrons. The molecule has 0 bridgehead atoms. The third-order valence-electron chi connectivity index (χ3n) is 3.40. The molecule has 2 rings (SSSR count). The average Bonchev–Trinajstić information content (AvgIpc) is 2.71. The number of hydrogen-bond acceptors (Lipinski definition) is 7. The summed E-state index contributed by atoms with van der Waals surface area (Å²) in [5.41, 5.74) is -1.12. The number of rotatable bonds is 5. The summed E-state index contributed by atoms with van der Waals surface area (Å²) in [5, 5.41) is 16.0. The molecule has 2 N–H and O–H groups in total. The van der Waals surface area contributed by atoms with Crippen LogP contribution in [0.2, 0.25) is 0 Å². The van der Waals surface area contributed by atoms with Gasteiger partial charge in [0.15, 0.2) is 6.29 Å². The molecule has 1 fully saturated rings. The molecule has 0 saturated carbocycles. The standard InChI is InChI=1S/C12H16N2O7S/c1-8-20-11(7-19-22(13,17)18)12(2,21-8)9-5-3-4-6-10(9)14(15)16/h3-6,8,11H,7H2,1-2H3,(H2,13,17,18)/t8?,11-,12-/m0/s1. The Bertz CT molecular complexity index is 678. The molecule has 1 unspecified atom stereocenters. The van der Waals surface area contributed by atoms with Crippen LogP contribution in [0.1, 0.15) is 19.4 Å². The minimum atomic E-state index is -4.16. The van der Waals surface area contributed by atoms with Gasteiger partial charge in [-0.2, -0.15) is 8.42 Å². The fourth-order valence-corrected chi connectivity index (χ4v) is 2.77. The van der Waals surface area contributed by atoms with Crippen LogP contribution in [0.15, 0.2) is 24.3 Å². The molecule has 122 valence electrons. The molecule has 9 nitrogen and oxygen atoms in total. The van der Waals surface area contributed by atoms with Gasteiger partial charge >= 0.3 is 10.3 Å². The normalized spacial score (nSPS) is 28.7. The smallest absolute Gasteiger partial charge is 0.333 e. The maximum absolute atomic E-state index is 11.2. The monoisotopic (exact) mass is 332 g/mol. The molecule has 1 heterocycles. The Kier molecular flexibility index (Phi) is 4.49. The van der Waals surface area contributed by atoms with E-state index in [0.717, 1.165) is 0 Å². The van der Waals surface area contributed by atoms with Gasteiger partial charge in [-0.3, -0.25) is 14.3 Å². The highest BCUT2D eigenvalue weighted by Gasteiger charge is 2.49. The van der Waals surface area contributed by atoms with Crippen molar-refractivity contribution in [3.05, 3.63) is 39.9 Å². The van der Waals surface area contributed by atoms with Crippen LogP contribution in [0.4, 0.5) is 5.69 Å². The van der Waals surface area contributed by atoms with Gasteiger partial charge in [0.05, 0.1) is 17.1 Å². The molecular formula is C12H16N2O7S. The highest BCUT2D eigenvalue weighted by atomic mass is 32.2. The van der Waals surface area contributed by atoms with Crippen LogP contribution in [0.5, 0.6) is 0 Å². The van der Waals surface area contributed by atoms with Crippen LogP contribution in [0.25, 0.3) is 0 Å². The number of nitro benzene ring substituents is 1. The number of ether oxygens (including phenoxy) is 2. The van der Waals surface area contributed by atoms with Crippen LogP contribution in [-0.2, 0) is 29.6 Å². The summed E-state index contributed by atoms with van der Waals surface area (Å²) in [4.78, 5) is 10.7. The Hall–Kier alpha value is -1.59. The van der Waals surface area contributed by atoms with Crippen molar-refractivity contribution in [2.24, 2.45) is 5.14 Å². The Morgan fingerprint density at radius 3 is 2.68 bits per heavy atom. The highest BCUT2D eigenvalue weighted by Crippen LogP contribution is 2.42. The third-order valence-corrected chi connectivity index (χ3v) is 3.86. The Balaban J connectivity index is 2.39. The molecule has 1 aromatic rings. The first kappa shape index (κ1) is 16.8. The molecule has 1 aliphatic heterocycles. The van der Waals surface area contributed by atoms with E-state index in [9.17, 15) is 18.5 Å². The van der Waals surface area contributed by atoms with E-state index >= 15 is 0 Å². The number of para-hydroxylation sites is 1. The van der Waals surface area contributed by atoms with E-state index in [1.54, 1.807) is 19.9 Å². The van der Waals surface area contributed by atoms with Crippen molar-refractivity contribution in [3.8, 4) is 0 Å². The van der Waals surface area contributed by atoms with Gasteiger partial charge in [0.2, 0.25) is 0 Å². The van der Waals surface area contributed by atoms with Gasteiger partial charge in [0.25, 0.3) is 5.69 Å². The second-order valence-corrected chi connectivity index (χ2v) is 6.19. The number of benzene rings is 1. The Labute approximate surface area is 127 Å². The number of hydrogen-bond donors (Lipinski definition) is 1. The molecular weight excluding hydrogens is 316 g/mol. The number of nitrogens with two attached hydrogens (primary N) is 1. The second kappa shape index (κ2) is 5.89. The Morgan fingerprint density at radius 1 is 1.45 bits per heavy atom. The van der Waals surface area contributed by atoms with Gasteiger partial charge in [-0.15, -0.1) is 0 Å². The lowest BCUT2D eigenvalue weighted by atomic mass is 9.89. The van der Waals surface area contributed by atoms with Crippen LogP contribution in [-0.4, -0.2) is 32.3 Å². The molecule has 1 aromatic carbocycles. The van der Waals surface area contributed by atoms with E-state index in [1.807, 2.05) is 0 Å². The van der Waals surface area contributed by atoms with Crippen molar-refractivity contribution in [2.45, 2.75) is 31.8 Å². The highest BCUT2D eigenvalue weighted by molar-refractivity contribution is 7.84. The van der Waals surface area contributed by atoms with Gasteiger partial charge in [0.1, 0.15) is 11.7 Å². The van der Waals surface area contributed by atoms with E-state index in [4.69, 9.17) is 14.6 Å². The SMILES string of the molecule is CC1O[C@@H](COS(N)(=O)=O)[C@](C)(c2ccccc2[N+](=O)[O-])O1. The van der Waals surface area contributed by atoms with Crippen molar-refractivity contribution >= 4 is 16.0 Å². The summed E-state index contributed by atoms with van der Waals surface area (Å²) < 4.78 is 37.6. The topological polar surface area (TPSA) is 131 Å². The van der Waals surface area contributed by atoms with E-state index in [1.165, 1.54) is 18.2 Å².